The third kappa shape index (κ3) is 16.7. The molecule has 0 fully saturated rings. The summed E-state index contributed by atoms with van der Waals surface area (Å²) in [4.78, 5) is 54.6. The van der Waals surface area contributed by atoms with Crippen molar-refractivity contribution in [2.45, 2.75) is 107 Å². The maximum absolute atomic E-state index is 13.1. The Hall–Kier alpha value is -4.66. The molecule has 2 unspecified atom stereocenters. The summed E-state index contributed by atoms with van der Waals surface area (Å²) in [6.45, 7) is 21.1. The fourth-order valence-electron chi connectivity index (χ4n) is 6.97. The number of likely N-dealkylation sites (N-methyl/N-ethyl adjacent to an activating group) is 1. The zero-order chi connectivity index (χ0) is 43.8. The fourth-order valence-corrected chi connectivity index (χ4v) is 6.97. The maximum Gasteiger partial charge on any atom is 0.320 e. The van der Waals surface area contributed by atoms with Crippen molar-refractivity contribution in [1.29, 1.82) is 0 Å². The quantitative estimate of drug-likeness (QED) is 0.100. The van der Waals surface area contributed by atoms with Gasteiger partial charge in [-0.25, -0.2) is 0 Å². The molecule has 0 saturated carbocycles. The lowest BCUT2D eigenvalue weighted by Crippen LogP contribution is -2.40. The second kappa shape index (κ2) is 23.1. The minimum Gasteiger partial charge on any atom is -0.454 e. The van der Waals surface area contributed by atoms with Gasteiger partial charge in [0.2, 0.25) is 0 Å². The molecule has 0 aliphatic heterocycles. The lowest BCUT2D eigenvalue weighted by Gasteiger charge is -2.36. The number of ether oxygens (including phenoxy) is 2. The van der Waals surface area contributed by atoms with Crippen LogP contribution in [0.5, 0.6) is 0 Å². The van der Waals surface area contributed by atoms with Crippen LogP contribution in [0.2, 0.25) is 0 Å². The largest absolute Gasteiger partial charge is 0.454 e. The van der Waals surface area contributed by atoms with Gasteiger partial charge in [0, 0.05) is 19.3 Å². The Morgan fingerprint density at radius 2 is 0.983 bits per heavy atom. The molecule has 58 heavy (non-hydrogen) atoms. The Balaban J connectivity index is 1.97. The molecule has 0 N–H and O–H groups in total. The average Bonchev–Trinajstić information content (AvgIpc) is 3.10. The SMILES string of the molecule is CC(C=CC=C(C)C=CC1=C(C)C(=O)C(OC(=O)CCCN(C)C)CC1(C)C)=CC=CC=C(C)C=CC=C(C)C=CC1=C(C)C(=O)C(OC(=O)CN(C)C)CC1(C)C. The molecule has 0 aromatic carbocycles. The van der Waals surface area contributed by atoms with Crippen LogP contribution < -0.4 is 0 Å². The summed E-state index contributed by atoms with van der Waals surface area (Å²) >= 11 is 0. The number of hydrogen-bond donors (Lipinski definition) is 0. The maximum atomic E-state index is 13.1. The van der Waals surface area contributed by atoms with E-state index in [0.717, 1.165) is 40.0 Å². The topological polar surface area (TPSA) is 93.2 Å². The zero-order valence-electron chi connectivity index (χ0n) is 37.8. The summed E-state index contributed by atoms with van der Waals surface area (Å²) in [5.41, 5.74) is 6.89. The summed E-state index contributed by atoms with van der Waals surface area (Å²) in [5.74, 6) is -0.949. The second-order valence-electron chi connectivity index (χ2n) is 17.5. The van der Waals surface area contributed by atoms with Crippen molar-refractivity contribution in [2.24, 2.45) is 10.8 Å². The molecular formula is C50H70N2O6. The first-order chi connectivity index (χ1) is 27.0. The third-order valence-corrected chi connectivity index (χ3v) is 10.3. The molecule has 8 heteroatoms. The molecule has 2 aliphatic carbocycles. The van der Waals surface area contributed by atoms with Crippen molar-refractivity contribution in [2.75, 3.05) is 41.3 Å². The van der Waals surface area contributed by atoms with Crippen LogP contribution in [0.15, 0.2) is 130 Å². The van der Waals surface area contributed by atoms with Gasteiger partial charge in [-0.1, -0.05) is 135 Å². The summed E-state index contributed by atoms with van der Waals surface area (Å²) in [7, 11) is 7.52. The van der Waals surface area contributed by atoms with Crippen molar-refractivity contribution in [1.82, 2.24) is 9.80 Å². The van der Waals surface area contributed by atoms with Crippen LogP contribution in [0, 0.1) is 10.8 Å². The highest BCUT2D eigenvalue weighted by atomic mass is 16.6. The van der Waals surface area contributed by atoms with Crippen LogP contribution in [0.25, 0.3) is 0 Å². The van der Waals surface area contributed by atoms with Crippen molar-refractivity contribution < 1.29 is 28.7 Å². The van der Waals surface area contributed by atoms with Crippen LogP contribution in [0.3, 0.4) is 0 Å². The number of carbonyl (C=O) groups excluding carboxylic acids is 4. The Morgan fingerprint density at radius 1 is 0.603 bits per heavy atom. The normalized spacial score (nSPS) is 21.4. The molecule has 2 aliphatic rings. The Bertz CT molecular complexity index is 1860. The van der Waals surface area contributed by atoms with Crippen LogP contribution >= 0.6 is 0 Å². The summed E-state index contributed by atoms with van der Waals surface area (Å²) in [6, 6.07) is 0. The first-order valence-corrected chi connectivity index (χ1v) is 20.3. The van der Waals surface area contributed by atoms with Crippen molar-refractivity contribution in [3.8, 4) is 0 Å². The van der Waals surface area contributed by atoms with Gasteiger partial charge in [-0.15, -0.1) is 0 Å². The summed E-state index contributed by atoms with van der Waals surface area (Å²) < 4.78 is 11.2. The Morgan fingerprint density at radius 3 is 1.38 bits per heavy atom. The first-order valence-electron chi connectivity index (χ1n) is 20.3. The number of esters is 2. The number of Topliss-reactive ketones (excluding diaryl/α,β-unsaturated/α-hetero) is 2. The van der Waals surface area contributed by atoms with Gasteiger partial charge in [-0.05, 0) is 116 Å². The number of carbonyl (C=O) groups is 4. The lowest BCUT2D eigenvalue weighted by molar-refractivity contribution is -0.156. The van der Waals surface area contributed by atoms with Crippen LogP contribution in [0.1, 0.15) is 94.9 Å². The molecule has 316 valence electrons. The van der Waals surface area contributed by atoms with Gasteiger partial charge in [0.25, 0.3) is 0 Å². The number of nitrogens with zero attached hydrogens (tertiary/aromatic N) is 2. The molecule has 0 saturated heterocycles. The summed E-state index contributed by atoms with van der Waals surface area (Å²) in [6.07, 6.45) is 28.9. The monoisotopic (exact) mass is 795 g/mol. The fraction of sp³-hybridized carbons (Fsp3) is 0.480. The van der Waals surface area contributed by atoms with E-state index in [1.807, 2.05) is 120 Å². The highest BCUT2D eigenvalue weighted by Crippen LogP contribution is 2.42. The van der Waals surface area contributed by atoms with E-state index in [0.29, 0.717) is 36.8 Å². The number of ketones is 2. The van der Waals surface area contributed by atoms with E-state index in [9.17, 15) is 19.2 Å². The van der Waals surface area contributed by atoms with Gasteiger partial charge >= 0.3 is 11.9 Å². The van der Waals surface area contributed by atoms with E-state index in [4.69, 9.17) is 9.47 Å². The number of rotatable bonds is 18. The van der Waals surface area contributed by atoms with Crippen molar-refractivity contribution in [3.05, 3.63) is 130 Å². The molecule has 0 aromatic heterocycles. The average molecular weight is 795 g/mol. The molecule has 2 atom stereocenters. The van der Waals surface area contributed by atoms with Crippen molar-refractivity contribution in [3.63, 3.8) is 0 Å². The highest BCUT2D eigenvalue weighted by Gasteiger charge is 2.41. The predicted molar refractivity (Wildman–Crippen MR) is 239 cm³/mol. The van der Waals surface area contributed by atoms with Gasteiger partial charge in [-0.3, -0.25) is 24.1 Å². The predicted octanol–water partition coefficient (Wildman–Crippen LogP) is 9.91. The van der Waals surface area contributed by atoms with Gasteiger partial charge in [0.1, 0.15) is 0 Å². The van der Waals surface area contributed by atoms with Crippen LogP contribution in [0.4, 0.5) is 0 Å². The van der Waals surface area contributed by atoms with E-state index in [2.05, 4.69) is 52.8 Å². The Labute approximate surface area is 349 Å². The van der Waals surface area contributed by atoms with E-state index < -0.39 is 18.2 Å². The molecule has 0 amide bonds. The van der Waals surface area contributed by atoms with E-state index >= 15 is 0 Å². The number of hydrogen-bond acceptors (Lipinski definition) is 8. The molecule has 0 bridgehead atoms. The highest BCUT2D eigenvalue weighted by molar-refractivity contribution is 6.02. The van der Waals surface area contributed by atoms with Crippen LogP contribution in [-0.4, -0.2) is 86.8 Å². The zero-order valence-corrected chi connectivity index (χ0v) is 37.8. The molecule has 2 rings (SSSR count). The minimum atomic E-state index is -0.753. The summed E-state index contributed by atoms with van der Waals surface area (Å²) in [5, 5.41) is 0. The molecule has 0 aromatic rings. The Kier molecular flexibility index (Phi) is 19.7. The number of allylic oxidation sites excluding steroid dienone is 20. The molecule has 0 radical (unpaired) electrons. The third-order valence-electron chi connectivity index (χ3n) is 10.3. The molecule has 8 nitrogen and oxygen atoms in total. The van der Waals surface area contributed by atoms with Crippen molar-refractivity contribution >= 4 is 23.5 Å². The molecular weight excluding hydrogens is 725 g/mol. The standard InChI is InChI=1S/C50H70N2O6/c1-35(22-17-24-37(3)27-29-41-39(5)47(55)43(32-49(41,7)8)57-45(53)26-19-31-51(11)12)20-15-16-21-36(2)23-18-25-38(4)28-30-42-40(6)48(56)44(33-50(42,9)10)58-46(54)34-52(13)14/h15-18,20-25,27-30,43-44H,19,26,31-34H2,1-14H3. The lowest BCUT2D eigenvalue weighted by atomic mass is 9.71. The van der Waals surface area contributed by atoms with Gasteiger partial charge in [0.05, 0.1) is 6.54 Å². The molecule has 0 spiro atoms. The molecule has 0 heterocycles. The van der Waals surface area contributed by atoms with Gasteiger partial charge < -0.3 is 14.4 Å². The first kappa shape index (κ1) is 49.5. The minimum absolute atomic E-state index is 0.113. The van der Waals surface area contributed by atoms with Gasteiger partial charge in [0.15, 0.2) is 23.8 Å². The van der Waals surface area contributed by atoms with Crippen LogP contribution in [-0.2, 0) is 28.7 Å². The van der Waals surface area contributed by atoms with E-state index in [-0.39, 0.29) is 34.9 Å². The van der Waals surface area contributed by atoms with E-state index in [1.54, 1.807) is 19.0 Å². The smallest absolute Gasteiger partial charge is 0.320 e. The van der Waals surface area contributed by atoms with Gasteiger partial charge in [-0.2, -0.15) is 0 Å². The van der Waals surface area contributed by atoms with E-state index in [1.165, 1.54) is 0 Å². The second-order valence-corrected chi connectivity index (χ2v) is 17.5.